The van der Waals surface area contributed by atoms with Gasteiger partial charge in [-0.25, -0.2) is 0 Å². The Balaban J connectivity index is 1.72. The normalized spacial score (nSPS) is 24.9. The van der Waals surface area contributed by atoms with Gasteiger partial charge in [0, 0.05) is 6.54 Å². The molecule has 1 aromatic rings. The molecule has 0 radical (unpaired) electrons. The van der Waals surface area contributed by atoms with Crippen molar-refractivity contribution in [2.24, 2.45) is 5.92 Å². The minimum atomic E-state index is -0.0322. The van der Waals surface area contributed by atoms with E-state index < -0.39 is 0 Å². The van der Waals surface area contributed by atoms with E-state index in [0.29, 0.717) is 5.92 Å². The van der Waals surface area contributed by atoms with Crippen LogP contribution in [0.3, 0.4) is 0 Å². The maximum Gasteiger partial charge on any atom is 0.0546 e. The van der Waals surface area contributed by atoms with E-state index in [4.69, 9.17) is 5.11 Å². The summed E-state index contributed by atoms with van der Waals surface area (Å²) in [7, 11) is 0. The maximum absolute atomic E-state index is 9.15. The molecular formula is C13H19NO. The molecule has 15 heavy (non-hydrogen) atoms. The molecule has 1 aromatic carbocycles. The third kappa shape index (κ3) is 2.80. The Morgan fingerprint density at radius 2 is 2.07 bits per heavy atom. The molecule has 82 valence electrons. The molecule has 0 aromatic heterocycles. The van der Waals surface area contributed by atoms with E-state index in [9.17, 15) is 0 Å². The molecular weight excluding hydrogens is 186 g/mol. The Kier molecular flexibility index (Phi) is 3.39. The average molecular weight is 205 g/mol. The van der Waals surface area contributed by atoms with Crippen LogP contribution >= 0.6 is 0 Å². The number of benzene rings is 1. The fourth-order valence-electron chi connectivity index (χ4n) is 2.09. The van der Waals surface area contributed by atoms with Crippen LogP contribution < -0.4 is 5.32 Å². The fourth-order valence-corrected chi connectivity index (χ4v) is 2.09. The number of hydrogen-bond acceptors (Lipinski definition) is 2. The summed E-state index contributed by atoms with van der Waals surface area (Å²) in [6.45, 7) is 4.12. The van der Waals surface area contributed by atoms with Gasteiger partial charge >= 0.3 is 0 Å². The van der Waals surface area contributed by atoms with E-state index in [1.165, 1.54) is 11.1 Å². The third-order valence-electron chi connectivity index (χ3n) is 3.22. The van der Waals surface area contributed by atoms with Crippen molar-refractivity contribution >= 4 is 0 Å². The molecule has 0 spiro atoms. The SMILES string of the molecule is Cc1ccccc1CNCC1CC(O)C1. The number of rotatable bonds is 4. The van der Waals surface area contributed by atoms with Crippen LogP contribution in [0.1, 0.15) is 24.0 Å². The molecule has 1 saturated carbocycles. The van der Waals surface area contributed by atoms with Gasteiger partial charge in [0.15, 0.2) is 0 Å². The van der Waals surface area contributed by atoms with Crippen molar-refractivity contribution in [3.63, 3.8) is 0 Å². The molecule has 2 nitrogen and oxygen atoms in total. The van der Waals surface area contributed by atoms with Crippen molar-refractivity contribution in [2.45, 2.75) is 32.4 Å². The van der Waals surface area contributed by atoms with Crippen LogP contribution in [0.2, 0.25) is 0 Å². The highest BCUT2D eigenvalue weighted by molar-refractivity contribution is 5.25. The van der Waals surface area contributed by atoms with Crippen molar-refractivity contribution in [1.82, 2.24) is 5.32 Å². The Morgan fingerprint density at radius 3 is 2.73 bits per heavy atom. The summed E-state index contributed by atoms with van der Waals surface area (Å²) < 4.78 is 0. The minimum absolute atomic E-state index is 0.0322. The van der Waals surface area contributed by atoms with Gasteiger partial charge in [-0.05, 0) is 43.4 Å². The summed E-state index contributed by atoms with van der Waals surface area (Å²) in [6.07, 6.45) is 1.91. The first kappa shape index (κ1) is 10.7. The van der Waals surface area contributed by atoms with Crippen LogP contribution in [0.25, 0.3) is 0 Å². The molecule has 0 atom stereocenters. The number of aliphatic hydroxyl groups is 1. The highest BCUT2D eigenvalue weighted by atomic mass is 16.3. The zero-order chi connectivity index (χ0) is 10.7. The van der Waals surface area contributed by atoms with E-state index in [-0.39, 0.29) is 6.10 Å². The molecule has 0 aliphatic heterocycles. The Bertz CT molecular complexity index is 318. The van der Waals surface area contributed by atoms with E-state index in [1.54, 1.807) is 0 Å². The lowest BCUT2D eigenvalue weighted by Crippen LogP contribution is -2.35. The molecule has 2 N–H and O–H groups in total. The second-order valence-corrected chi connectivity index (χ2v) is 4.55. The molecule has 0 bridgehead atoms. The molecule has 1 aliphatic rings. The Morgan fingerprint density at radius 1 is 1.33 bits per heavy atom. The van der Waals surface area contributed by atoms with E-state index in [2.05, 4.69) is 36.5 Å². The topological polar surface area (TPSA) is 32.3 Å². The average Bonchev–Trinajstić information content (AvgIpc) is 2.18. The molecule has 1 aliphatic carbocycles. The van der Waals surface area contributed by atoms with Gasteiger partial charge in [0.25, 0.3) is 0 Å². The van der Waals surface area contributed by atoms with Gasteiger partial charge in [0.2, 0.25) is 0 Å². The zero-order valence-electron chi connectivity index (χ0n) is 9.24. The predicted octanol–water partition coefficient (Wildman–Crippen LogP) is 1.86. The summed E-state index contributed by atoms with van der Waals surface area (Å²) in [4.78, 5) is 0. The van der Waals surface area contributed by atoms with Gasteiger partial charge in [-0.2, -0.15) is 0 Å². The quantitative estimate of drug-likeness (QED) is 0.786. The van der Waals surface area contributed by atoms with Crippen molar-refractivity contribution in [3.8, 4) is 0 Å². The van der Waals surface area contributed by atoms with Crippen LogP contribution in [0.5, 0.6) is 0 Å². The Labute approximate surface area is 91.3 Å². The van der Waals surface area contributed by atoms with Crippen molar-refractivity contribution < 1.29 is 5.11 Å². The van der Waals surface area contributed by atoms with Crippen LogP contribution in [0, 0.1) is 12.8 Å². The van der Waals surface area contributed by atoms with Crippen LogP contribution in [0.15, 0.2) is 24.3 Å². The molecule has 0 amide bonds. The van der Waals surface area contributed by atoms with E-state index in [1.807, 2.05) is 0 Å². The highest BCUT2D eigenvalue weighted by Gasteiger charge is 2.26. The monoisotopic (exact) mass is 205 g/mol. The van der Waals surface area contributed by atoms with Crippen LogP contribution in [-0.2, 0) is 6.54 Å². The fraction of sp³-hybridized carbons (Fsp3) is 0.538. The van der Waals surface area contributed by atoms with Crippen molar-refractivity contribution in [3.05, 3.63) is 35.4 Å². The van der Waals surface area contributed by atoms with Crippen molar-refractivity contribution in [2.75, 3.05) is 6.54 Å². The van der Waals surface area contributed by atoms with Gasteiger partial charge in [0.1, 0.15) is 0 Å². The predicted molar refractivity (Wildman–Crippen MR) is 61.6 cm³/mol. The van der Waals surface area contributed by atoms with Gasteiger partial charge in [-0.1, -0.05) is 24.3 Å². The molecule has 1 fully saturated rings. The molecule has 0 heterocycles. The van der Waals surface area contributed by atoms with Gasteiger partial charge in [-0.3, -0.25) is 0 Å². The molecule has 2 rings (SSSR count). The maximum atomic E-state index is 9.15. The largest absolute Gasteiger partial charge is 0.393 e. The lowest BCUT2D eigenvalue weighted by molar-refractivity contribution is 0.0429. The van der Waals surface area contributed by atoms with Gasteiger partial charge in [0.05, 0.1) is 6.10 Å². The summed E-state index contributed by atoms with van der Waals surface area (Å²) in [5, 5.41) is 12.6. The smallest absolute Gasteiger partial charge is 0.0546 e. The number of nitrogens with one attached hydrogen (secondary N) is 1. The first-order chi connectivity index (χ1) is 7.25. The second-order valence-electron chi connectivity index (χ2n) is 4.55. The number of aliphatic hydroxyl groups excluding tert-OH is 1. The van der Waals surface area contributed by atoms with Gasteiger partial charge < -0.3 is 10.4 Å². The minimum Gasteiger partial charge on any atom is -0.393 e. The summed E-state index contributed by atoms with van der Waals surface area (Å²) in [6, 6.07) is 8.46. The Hall–Kier alpha value is -0.860. The highest BCUT2D eigenvalue weighted by Crippen LogP contribution is 2.26. The number of aryl methyl sites for hydroxylation is 1. The second kappa shape index (κ2) is 4.77. The summed E-state index contributed by atoms with van der Waals surface area (Å²) in [5.41, 5.74) is 2.72. The molecule has 0 saturated heterocycles. The first-order valence-corrected chi connectivity index (χ1v) is 5.69. The van der Waals surface area contributed by atoms with Crippen molar-refractivity contribution in [1.29, 1.82) is 0 Å². The van der Waals surface area contributed by atoms with Crippen LogP contribution in [-0.4, -0.2) is 17.8 Å². The lowest BCUT2D eigenvalue weighted by Gasteiger charge is -2.31. The van der Waals surface area contributed by atoms with Crippen LogP contribution in [0.4, 0.5) is 0 Å². The summed E-state index contributed by atoms with van der Waals surface area (Å²) in [5.74, 6) is 0.684. The van der Waals surface area contributed by atoms with E-state index in [0.717, 1.165) is 25.9 Å². The van der Waals surface area contributed by atoms with Gasteiger partial charge in [-0.15, -0.1) is 0 Å². The zero-order valence-corrected chi connectivity index (χ0v) is 9.24. The molecule has 0 unspecified atom stereocenters. The van der Waals surface area contributed by atoms with E-state index >= 15 is 0 Å². The third-order valence-corrected chi connectivity index (χ3v) is 3.22. The summed E-state index contributed by atoms with van der Waals surface area (Å²) >= 11 is 0. The first-order valence-electron chi connectivity index (χ1n) is 5.69. The molecule has 2 heteroatoms. The number of hydrogen-bond donors (Lipinski definition) is 2. The standard InChI is InChI=1S/C13H19NO/c1-10-4-2-3-5-12(10)9-14-8-11-6-13(15)7-11/h2-5,11,13-15H,6-9H2,1H3. The lowest BCUT2D eigenvalue weighted by atomic mass is 9.82.